The van der Waals surface area contributed by atoms with Crippen molar-refractivity contribution in [3.63, 3.8) is 0 Å². The number of benzene rings is 1. The van der Waals surface area contributed by atoms with Crippen molar-refractivity contribution in [1.29, 1.82) is 0 Å². The van der Waals surface area contributed by atoms with Crippen molar-refractivity contribution >= 4 is 39.0 Å². The molecule has 2 N–H and O–H groups in total. The summed E-state index contributed by atoms with van der Waals surface area (Å²) in [6.07, 6.45) is 5.67. The number of amides is 1. The average Bonchev–Trinajstić information content (AvgIpc) is 3.50. The molecular weight excluding hydrogens is 472 g/mol. The van der Waals surface area contributed by atoms with Crippen LogP contribution in [0.2, 0.25) is 0 Å². The molecule has 180 valence electrons. The molecular formula is C24H28N4O4S2. The lowest BCUT2D eigenvalue weighted by Gasteiger charge is -2.13. The first kappa shape index (κ1) is 24.2. The van der Waals surface area contributed by atoms with Crippen LogP contribution in [0.5, 0.6) is 11.6 Å². The normalized spacial score (nSPS) is 14.6. The molecule has 34 heavy (non-hydrogen) atoms. The number of hydrogen-bond acceptors (Lipinski definition) is 7. The smallest absolute Gasteiger partial charge is 0.229 e. The van der Waals surface area contributed by atoms with Crippen molar-refractivity contribution in [3.8, 4) is 22.1 Å². The molecule has 3 aromatic rings. The molecule has 8 nitrogen and oxygen atoms in total. The molecule has 1 atom stereocenters. The first-order chi connectivity index (χ1) is 16.4. The molecule has 2 heterocycles. The standard InChI is InChI=1S/C24H28N4O4S2/c1-14-11-21(32-4)25-13-18(14)28-34(30)20-12-17(9-10-19(20)31-3)22-15(2)26-24(33-22)27-23(29)16-7-5-6-8-16/h9-13,16,28H,5-8H2,1-4H3,(H,26,27,29). The van der Waals surface area contributed by atoms with Gasteiger partial charge in [0.25, 0.3) is 0 Å². The van der Waals surface area contributed by atoms with Crippen LogP contribution in [0, 0.1) is 19.8 Å². The fourth-order valence-corrected chi connectivity index (χ4v) is 6.04. The number of aromatic nitrogens is 2. The molecule has 0 saturated heterocycles. The Morgan fingerprint density at radius 2 is 1.91 bits per heavy atom. The quantitative estimate of drug-likeness (QED) is 0.446. The van der Waals surface area contributed by atoms with Crippen LogP contribution in [0.3, 0.4) is 0 Å². The number of thiazole rings is 1. The number of nitrogens with zero attached hydrogens (tertiary/aromatic N) is 2. The van der Waals surface area contributed by atoms with Crippen LogP contribution >= 0.6 is 11.3 Å². The van der Waals surface area contributed by atoms with Gasteiger partial charge in [0.15, 0.2) is 16.1 Å². The van der Waals surface area contributed by atoms with E-state index >= 15 is 0 Å². The summed E-state index contributed by atoms with van der Waals surface area (Å²) in [5, 5.41) is 3.56. The highest BCUT2D eigenvalue weighted by atomic mass is 32.2. The van der Waals surface area contributed by atoms with Gasteiger partial charge in [0.1, 0.15) is 10.6 Å². The predicted octanol–water partition coefficient (Wildman–Crippen LogP) is 5.10. The van der Waals surface area contributed by atoms with E-state index in [0.29, 0.717) is 27.3 Å². The highest BCUT2D eigenvalue weighted by Crippen LogP contribution is 2.37. The summed E-state index contributed by atoms with van der Waals surface area (Å²) in [5.74, 6) is 1.11. The van der Waals surface area contributed by atoms with Gasteiger partial charge in [-0.2, -0.15) is 0 Å². The zero-order chi connectivity index (χ0) is 24.2. The van der Waals surface area contributed by atoms with Crippen molar-refractivity contribution < 1.29 is 18.5 Å². The van der Waals surface area contributed by atoms with E-state index in [2.05, 4.69) is 20.0 Å². The van der Waals surface area contributed by atoms with E-state index in [-0.39, 0.29) is 11.8 Å². The Hall–Kier alpha value is -2.98. The van der Waals surface area contributed by atoms with E-state index in [1.165, 1.54) is 11.3 Å². The van der Waals surface area contributed by atoms with Gasteiger partial charge in [-0.05, 0) is 56.0 Å². The topological polar surface area (TPSA) is 102 Å². The van der Waals surface area contributed by atoms with E-state index in [0.717, 1.165) is 47.4 Å². The molecule has 0 bridgehead atoms. The summed E-state index contributed by atoms with van der Waals surface area (Å²) in [7, 11) is 1.50. The van der Waals surface area contributed by atoms with Crippen LogP contribution in [-0.2, 0) is 15.8 Å². The molecule has 2 aromatic heterocycles. The Bertz CT molecular complexity index is 1220. The SMILES string of the molecule is COc1cc(C)c(NS(=O)c2cc(-c3sc(NC(=O)C4CCCC4)nc3C)ccc2OC)cn1. The summed E-state index contributed by atoms with van der Waals surface area (Å²) >= 11 is 1.42. The zero-order valence-corrected chi connectivity index (χ0v) is 21.3. The zero-order valence-electron chi connectivity index (χ0n) is 19.6. The number of ether oxygens (including phenoxy) is 2. The number of methoxy groups -OCH3 is 2. The van der Waals surface area contributed by atoms with Crippen LogP contribution < -0.4 is 19.5 Å². The number of rotatable bonds is 8. The van der Waals surface area contributed by atoms with Gasteiger partial charge >= 0.3 is 0 Å². The number of carbonyl (C=O) groups is 1. The highest BCUT2D eigenvalue weighted by Gasteiger charge is 2.24. The second-order valence-electron chi connectivity index (χ2n) is 8.18. The maximum atomic E-state index is 13.3. The molecule has 1 fully saturated rings. The lowest BCUT2D eigenvalue weighted by atomic mass is 10.1. The van der Waals surface area contributed by atoms with Crippen molar-refractivity contribution in [1.82, 2.24) is 9.97 Å². The minimum Gasteiger partial charge on any atom is -0.495 e. The molecule has 4 rings (SSSR count). The number of aryl methyl sites for hydroxylation is 2. The summed E-state index contributed by atoms with van der Waals surface area (Å²) in [4.78, 5) is 22.7. The number of carbonyl (C=O) groups excluding carboxylic acids is 1. The van der Waals surface area contributed by atoms with Crippen molar-refractivity contribution in [2.75, 3.05) is 24.3 Å². The molecule has 1 saturated carbocycles. The van der Waals surface area contributed by atoms with Gasteiger partial charge in [-0.15, -0.1) is 0 Å². The summed E-state index contributed by atoms with van der Waals surface area (Å²) in [5.41, 5.74) is 3.15. The average molecular weight is 501 g/mol. The van der Waals surface area contributed by atoms with Crippen LogP contribution in [0.25, 0.3) is 10.4 Å². The molecule has 1 unspecified atom stereocenters. The van der Waals surface area contributed by atoms with Crippen LogP contribution in [-0.4, -0.2) is 34.3 Å². The third kappa shape index (κ3) is 5.23. The molecule has 1 amide bonds. The molecule has 1 aromatic carbocycles. The molecule has 10 heteroatoms. The second kappa shape index (κ2) is 10.5. The first-order valence-corrected chi connectivity index (χ1v) is 13.0. The lowest BCUT2D eigenvalue weighted by molar-refractivity contribution is -0.119. The largest absolute Gasteiger partial charge is 0.495 e. The number of hydrogen-bond donors (Lipinski definition) is 2. The van der Waals surface area contributed by atoms with Crippen molar-refractivity contribution in [2.45, 2.75) is 44.4 Å². The van der Waals surface area contributed by atoms with Gasteiger partial charge in [-0.3, -0.25) is 9.52 Å². The van der Waals surface area contributed by atoms with Crippen molar-refractivity contribution in [2.24, 2.45) is 5.92 Å². The Kier molecular flexibility index (Phi) is 7.47. The summed E-state index contributed by atoms with van der Waals surface area (Å²) in [6, 6.07) is 7.30. The molecule has 0 aliphatic heterocycles. The van der Waals surface area contributed by atoms with Gasteiger partial charge in [-0.25, -0.2) is 14.2 Å². The Labute approximate surface area is 205 Å². The maximum absolute atomic E-state index is 13.3. The van der Waals surface area contributed by atoms with Gasteiger partial charge in [0.05, 0.1) is 36.7 Å². The molecule has 1 aliphatic carbocycles. The summed E-state index contributed by atoms with van der Waals surface area (Å²) < 4.78 is 26.9. The number of pyridine rings is 1. The van der Waals surface area contributed by atoms with Gasteiger partial charge in [0.2, 0.25) is 11.8 Å². The third-order valence-electron chi connectivity index (χ3n) is 5.88. The van der Waals surface area contributed by atoms with Crippen molar-refractivity contribution in [3.05, 3.63) is 41.7 Å². The Balaban J connectivity index is 1.58. The molecule has 0 spiro atoms. The minimum absolute atomic E-state index is 0.0435. The lowest BCUT2D eigenvalue weighted by Crippen LogP contribution is -2.20. The van der Waals surface area contributed by atoms with E-state index in [1.54, 1.807) is 32.5 Å². The van der Waals surface area contributed by atoms with E-state index in [4.69, 9.17) is 9.47 Å². The van der Waals surface area contributed by atoms with Crippen LogP contribution in [0.15, 0.2) is 35.4 Å². The first-order valence-electron chi connectivity index (χ1n) is 11.1. The third-order valence-corrected chi connectivity index (χ3v) is 8.12. The molecule has 1 aliphatic rings. The second-order valence-corrected chi connectivity index (χ2v) is 10.4. The molecule has 0 radical (unpaired) electrons. The van der Waals surface area contributed by atoms with Crippen LogP contribution in [0.1, 0.15) is 36.9 Å². The van der Waals surface area contributed by atoms with Gasteiger partial charge < -0.3 is 14.8 Å². The van der Waals surface area contributed by atoms with E-state index in [1.807, 2.05) is 26.0 Å². The fourth-order valence-electron chi connectivity index (χ4n) is 3.98. The predicted molar refractivity (Wildman–Crippen MR) is 135 cm³/mol. The minimum atomic E-state index is -1.60. The van der Waals surface area contributed by atoms with Gasteiger partial charge in [0, 0.05) is 12.0 Å². The Morgan fingerprint density at radius 3 is 2.59 bits per heavy atom. The van der Waals surface area contributed by atoms with E-state index in [9.17, 15) is 9.00 Å². The summed E-state index contributed by atoms with van der Waals surface area (Å²) in [6.45, 7) is 3.79. The van der Waals surface area contributed by atoms with Crippen LogP contribution in [0.4, 0.5) is 10.8 Å². The fraction of sp³-hybridized carbons (Fsp3) is 0.375. The maximum Gasteiger partial charge on any atom is 0.229 e. The highest BCUT2D eigenvalue weighted by molar-refractivity contribution is 7.86. The van der Waals surface area contributed by atoms with Gasteiger partial charge in [-0.1, -0.05) is 24.2 Å². The number of nitrogens with one attached hydrogen (secondary N) is 2. The monoisotopic (exact) mass is 500 g/mol. The van der Waals surface area contributed by atoms with E-state index < -0.39 is 11.0 Å². The number of anilines is 2. The Morgan fingerprint density at radius 1 is 1.15 bits per heavy atom.